The number of ether oxygens (including phenoxy) is 2. The van der Waals surface area contributed by atoms with Gasteiger partial charge in [0.2, 0.25) is 11.8 Å². The standard InChI is InChI=1S/C18H16BrNO5/c1-9-7-11(3-4-12(9)19)20-16(22)14-13-5-6-18(25-13,8-24-10(2)21)15(14)17(20)23/h3-7,13-15H,8H2,1-2H3/t13?,14-,15+,18?/m0/s1. The molecule has 2 unspecified atom stereocenters. The van der Waals surface area contributed by atoms with Crippen LogP contribution in [0.25, 0.3) is 0 Å². The minimum absolute atomic E-state index is 0.0667. The van der Waals surface area contributed by atoms with Crippen molar-refractivity contribution in [3.05, 3.63) is 40.4 Å². The fourth-order valence-electron chi connectivity index (χ4n) is 3.90. The van der Waals surface area contributed by atoms with Gasteiger partial charge < -0.3 is 9.47 Å². The molecule has 2 saturated heterocycles. The Hall–Kier alpha value is -1.99. The van der Waals surface area contributed by atoms with Crippen LogP contribution in [0.3, 0.4) is 0 Å². The molecule has 0 spiro atoms. The molecule has 4 rings (SSSR count). The number of imide groups is 1. The van der Waals surface area contributed by atoms with Gasteiger partial charge in [-0.3, -0.25) is 14.4 Å². The summed E-state index contributed by atoms with van der Waals surface area (Å²) in [6, 6.07) is 5.36. The second kappa shape index (κ2) is 5.51. The predicted molar refractivity (Wildman–Crippen MR) is 91.7 cm³/mol. The molecular formula is C18H16BrNO5. The first kappa shape index (κ1) is 16.5. The highest BCUT2D eigenvalue weighted by Crippen LogP contribution is 2.52. The number of carbonyl (C=O) groups excluding carboxylic acids is 3. The molecule has 3 heterocycles. The second-order valence-electron chi connectivity index (χ2n) is 6.63. The minimum atomic E-state index is -1.05. The van der Waals surface area contributed by atoms with E-state index in [2.05, 4.69) is 15.9 Å². The van der Waals surface area contributed by atoms with Gasteiger partial charge in [-0.05, 0) is 36.8 Å². The first-order chi connectivity index (χ1) is 11.8. The topological polar surface area (TPSA) is 72.9 Å². The van der Waals surface area contributed by atoms with Crippen LogP contribution in [0.2, 0.25) is 0 Å². The molecule has 3 aliphatic heterocycles. The number of amides is 2. The van der Waals surface area contributed by atoms with E-state index in [9.17, 15) is 14.4 Å². The number of aryl methyl sites for hydroxylation is 1. The average Bonchev–Trinajstić information content (AvgIpc) is 3.20. The monoisotopic (exact) mass is 405 g/mol. The highest BCUT2D eigenvalue weighted by atomic mass is 79.9. The summed E-state index contributed by atoms with van der Waals surface area (Å²) >= 11 is 3.42. The van der Waals surface area contributed by atoms with Gasteiger partial charge in [0.25, 0.3) is 0 Å². The third-order valence-corrected chi connectivity index (χ3v) is 5.95. The van der Waals surface area contributed by atoms with E-state index in [1.54, 1.807) is 24.3 Å². The third kappa shape index (κ3) is 2.29. The van der Waals surface area contributed by atoms with Crippen molar-refractivity contribution in [1.29, 1.82) is 0 Å². The van der Waals surface area contributed by atoms with E-state index < -0.39 is 29.5 Å². The summed E-state index contributed by atoms with van der Waals surface area (Å²) in [5.41, 5.74) is 0.432. The van der Waals surface area contributed by atoms with Crippen molar-refractivity contribution in [1.82, 2.24) is 0 Å². The lowest BCUT2D eigenvalue weighted by atomic mass is 9.77. The van der Waals surface area contributed by atoms with Crippen LogP contribution < -0.4 is 4.90 Å². The number of benzene rings is 1. The molecule has 0 radical (unpaired) electrons. The zero-order chi connectivity index (χ0) is 17.9. The lowest BCUT2D eigenvalue weighted by molar-refractivity contribution is -0.150. The Labute approximate surface area is 152 Å². The smallest absolute Gasteiger partial charge is 0.302 e. The van der Waals surface area contributed by atoms with E-state index in [0.717, 1.165) is 10.0 Å². The van der Waals surface area contributed by atoms with Crippen LogP contribution >= 0.6 is 15.9 Å². The Morgan fingerprint density at radius 1 is 1.36 bits per heavy atom. The van der Waals surface area contributed by atoms with Gasteiger partial charge in [-0.2, -0.15) is 0 Å². The summed E-state index contributed by atoms with van der Waals surface area (Å²) in [6.07, 6.45) is 3.08. The summed E-state index contributed by atoms with van der Waals surface area (Å²) in [6.45, 7) is 3.14. The molecule has 4 atom stereocenters. The maximum Gasteiger partial charge on any atom is 0.302 e. The van der Waals surface area contributed by atoms with Crippen molar-refractivity contribution >= 4 is 39.4 Å². The number of fused-ring (bicyclic) bond motifs is 5. The molecule has 0 aromatic heterocycles. The molecule has 3 aliphatic rings. The van der Waals surface area contributed by atoms with Gasteiger partial charge in [-0.1, -0.05) is 22.0 Å². The number of esters is 1. The van der Waals surface area contributed by atoms with Crippen LogP contribution in [0.5, 0.6) is 0 Å². The molecule has 25 heavy (non-hydrogen) atoms. The number of rotatable bonds is 3. The summed E-state index contributed by atoms with van der Waals surface area (Å²) in [5, 5.41) is 0. The lowest BCUT2D eigenvalue weighted by Gasteiger charge is -2.28. The zero-order valence-corrected chi connectivity index (χ0v) is 15.3. The Kier molecular flexibility index (Phi) is 3.63. The summed E-state index contributed by atoms with van der Waals surface area (Å²) in [5.74, 6) is -2.27. The zero-order valence-electron chi connectivity index (χ0n) is 13.7. The van der Waals surface area contributed by atoms with Gasteiger partial charge in [0.15, 0.2) is 0 Å². The first-order valence-electron chi connectivity index (χ1n) is 7.98. The van der Waals surface area contributed by atoms with Crippen molar-refractivity contribution in [2.45, 2.75) is 25.6 Å². The predicted octanol–water partition coefficient (Wildman–Crippen LogP) is 2.13. The van der Waals surface area contributed by atoms with Gasteiger partial charge in [-0.15, -0.1) is 0 Å². The molecule has 0 aliphatic carbocycles. The van der Waals surface area contributed by atoms with Gasteiger partial charge in [0.05, 0.1) is 23.6 Å². The fourth-order valence-corrected chi connectivity index (χ4v) is 4.15. The number of hydrogen-bond donors (Lipinski definition) is 0. The Morgan fingerprint density at radius 3 is 2.80 bits per heavy atom. The maximum absolute atomic E-state index is 13.1. The molecule has 1 aromatic rings. The van der Waals surface area contributed by atoms with Crippen LogP contribution in [0.1, 0.15) is 12.5 Å². The molecule has 0 saturated carbocycles. The van der Waals surface area contributed by atoms with E-state index in [1.807, 2.05) is 13.0 Å². The largest absolute Gasteiger partial charge is 0.462 e. The second-order valence-corrected chi connectivity index (χ2v) is 7.48. The molecule has 1 aromatic carbocycles. The number of anilines is 1. The number of hydrogen-bond acceptors (Lipinski definition) is 5. The number of halogens is 1. The normalized spacial score (nSPS) is 32.4. The van der Waals surface area contributed by atoms with Crippen molar-refractivity contribution in [3.8, 4) is 0 Å². The van der Waals surface area contributed by atoms with E-state index in [1.165, 1.54) is 11.8 Å². The molecule has 0 N–H and O–H groups in total. The van der Waals surface area contributed by atoms with Crippen LogP contribution in [0.4, 0.5) is 5.69 Å². The van der Waals surface area contributed by atoms with Crippen molar-refractivity contribution < 1.29 is 23.9 Å². The summed E-state index contributed by atoms with van der Waals surface area (Å²) < 4.78 is 11.9. The molecule has 2 bridgehead atoms. The maximum atomic E-state index is 13.1. The minimum Gasteiger partial charge on any atom is -0.462 e. The third-order valence-electron chi connectivity index (χ3n) is 5.06. The SMILES string of the molecule is CC(=O)OCC12C=CC(O1)[C@@H]1C(=O)N(c3ccc(Br)c(C)c3)C(=O)[C@@H]12. The number of carbonyl (C=O) groups is 3. The van der Waals surface area contributed by atoms with Crippen LogP contribution in [0.15, 0.2) is 34.8 Å². The highest BCUT2D eigenvalue weighted by Gasteiger charge is 2.68. The van der Waals surface area contributed by atoms with Gasteiger partial charge in [-0.25, -0.2) is 4.90 Å². The fraction of sp³-hybridized carbons (Fsp3) is 0.389. The van der Waals surface area contributed by atoms with E-state index in [4.69, 9.17) is 9.47 Å². The van der Waals surface area contributed by atoms with Gasteiger partial charge in [0, 0.05) is 11.4 Å². The average molecular weight is 406 g/mol. The summed E-state index contributed by atoms with van der Waals surface area (Å²) in [4.78, 5) is 38.4. The lowest BCUT2D eigenvalue weighted by Crippen LogP contribution is -2.44. The van der Waals surface area contributed by atoms with Gasteiger partial charge >= 0.3 is 5.97 Å². The molecule has 6 nitrogen and oxygen atoms in total. The molecule has 130 valence electrons. The Balaban J connectivity index is 1.70. The van der Waals surface area contributed by atoms with Crippen LogP contribution in [-0.2, 0) is 23.9 Å². The van der Waals surface area contributed by atoms with Crippen LogP contribution in [0, 0.1) is 18.8 Å². The Bertz CT molecular complexity index is 835. The summed E-state index contributed by atoms with van der Waals surface area (Å²) in [7, 11) is 0. The Morgan fingerprint density at radius 2 is 2.12 bits per heavy atom. The van der Waals surface area contributed by atoms with Crippen molar-refractivity contribution in [2.75, 3.05) is 11.5 Å². The van der Waals surface area contributed by atoms with E-state index >= 15 is 0 Å². The highest BCUT2D eigenvalue weighted by molar-refractivity contribution is 9.10. The van der Waals surface area contributed by atoms with E-state index in [0.29, 0.717) is 5.69 Å². The van der Waals surface area contributed by atoms with Gasteiger partial charge in [0.1, 0.15) is 12.2 Å². The van der Waals surface area contributed by atoms with E-state index in [-0.39, 0.29) is 18.4 Å². The van der Waals surface area contributed by atoms with Crippen molar-refractivity contribution in [3.63, 3.8) is 0 Å². The van der Waals surface area contributed by atoms with Crippen LogP contribution in [-0.4, -0.2) is 36.1 Å². The quantitative estimate of drug-likeness (QED) is 0.437. The molecule has 2 fully saturated rings. The molecular weight excluding hydrogens is 390 g/mol. The first-order valence-corrected chi connectivity index (χ1v) is 8.78. The number of nitrogens with zero attached hydrogens (tertiary/aromatic N) is 1. The molecule has 2 amide bonds. The molecule has 7 heteroatoms. The van der Waals surface area contributed by atoms with Crippen molar-refractivity contribution in [2.24, 2.45) is 11.8 Å².